The summed E-state index contributed by atoms with van der Waals surface area (Å²) in [5.41, 5.74) is 2.60. The number of anilines is 1. The highest BCUT2D eigenvalue weighted by molar-refractivity contribution is 5.92. The average Bonchev–Trinajstić information content (AvgIpc) is 2.61. The highest BCUT2D eigenvalue weighted by Crippen LogP contribution is 2.10. The van der Waals surface area contributed by atoms with Crippen molar-refractivity contribution in [1.29, 1.82) is 0 Å². The minimum atomic E-state index is -0.259. The third-order valence-electron chi connectivity index (χ3n) is 3.70. The van der Waals surface area contributed by atoms with Gasteiger partial charge in [0.1, 0.15) is 5.82 Å². The summed E-state index contributed by atoms with van der Waals surface area (Å²) in [5.74, 6) is 0.296. The fourth-order valence-electron chi connectivity index (χ4n) is 2.49. The van der Waals surface area contributed by atoms with Gasteiger partial charge < -0.3 is 20.9 Å². The monoisotopic (exact) mass is 371 g/mol. The van der Waals surface area contributed by atoms with Crippen molar-refractivity contribution in [2.24, 2.45) is 4.99 Å². The number of aliphatic imine (C=N–C) groups is 1. The van der Waals surface area contributed by atoms with Crippen molar-refractivity contribution in [1.82, 2.24) is 15.5 Å². The summed E-state index contributed by atoms with van der Waals surface area (Å²) in [4.78, 5) is 17.9. The molecule has 27 heavy (non-hydrogen) atoms. The van der Waals surface area contributed by atoms with Gasteiger partial charge in [-0.3, -0.25) is 9.79 Å². The molecule has 0 fully saturated rings. The number of carbonyl (C=O) groups is 1. The Bertz CT molecular complexity index is 791. The SMILES string of the molecule is CN=C(NCc1cccc(F)c1)NCc1cccc(NC(=O)CN(C)C)c1. The van der Waals surface area contributed by atoms with Crippen LogP contribution in [-0.2, 0) is 17.9 Å². The Morgan fingerprint density at radius 3 is 2.26 bits per heavy atom. The molecular formula is C20H26FN5O. The van der Waals surface area contributed by atoms with Crippen LogP contribution in [0.1, 0.15) is 11.1 Å². The van der Waals surface area contributed by atoms with Crippen LogP contribution in [0.5, 0.6) is 0 Å². The van der Waals surface area contributed by atoms with Crippen LogP contribution in [-0.4, -0.2) is 44.5 Å². The summed E-state index contributed by atoms with van der Waals surface area (Å²) in [6.07, 6.45) is 0. The number of halogens is 1. The van der Waals surface area contributed by atoms with Gasteiger partial charge in [0, 0.05) is 25.8 Å². The number of likely N-dealkylation sites (N-methyl/N-ethyl adjacent to an activating group) is 1. The first kappa shape index (κ1) is 20.4. The zero-order valence-corrected chi connectivity index (χ0v) is 15.9. The molecule has 2 rings (SSSR count). The van der Waals surface area contributed by atoms with E-state index in [1.54, 1.807) is 13.1 Å². The van der Waals surface area contributed by atoms with Gasteiger partial charge in [-0.1, -0.05) is 24.3 Å². The van der Waals surface area contributed by atoms with E-state index in [1.165, 1.54) is 12.1 Å². The lowest BCUT2D eigenvalue weighted by Gasteiger charge is -2.13. The molecule has 0 heterocycles. The summed E-state index contributed by atoms with van der Waals surface area (Å²) in [6.45, 7) is 1.34. The van der Waals surface area contributed by atoms with Crippen LogP contribution in [0.25, 0.3) is 0 Å². The molecule has 0 saturated heterocycles. The van der Waals surface area contributed by atoms with Gasteiger partial charge in [-0.2, -0.15) is 0 Å². The molecule has 0 spiro atoms. The van der Waals surface area contributed by atoms with Crippen LogP contribution in [0.15, 0.2) is 53.5 Å². The molecule has 144 valence electrons. The van der Waals surface area contributed by atoms with E-state index in [9.17, 15) is 9.18 Å². The molecule has 0 radical (unpaired) electrons. The van der Waals surface area contributed by atoms with E-state index in [1.807, 2.05) is 49.3 Å². The van der Waals surface area contributed by atoms with Crippen LogP contribution in [0.3, 0.4) is 0 Å². The quantitative estimate of drug-likeness (QED) is 0.516. The molecular weight excluding hydrogens is 345 g/mol. The first-order valence-electron chi connectivity index (χ1n) is 8.69. The minimum Gasteiger partial charge on any atom is -0.352 e. The summed E-state index contributed by atoms with van der Waals surface area (Å²) >= 11 is 0. The summed E-state index contributed by atoms with van der Waals surface area (Å²) < 4.78 is 13.2. The molecule has 2 aromatic carbocycles. The summed E-state index contributed by atoms with van der Waals surface area (Å²) in [5, 5.41) is 9.23. The van der Waals surface area contributed by atoms with Gasteiger partial charge in [-0.05, 0) is 49.5 Å². The maximum atomic E-state index is 13.2. The number of amides is 1. The van der Waals surface area contributed by atoms with Crippen LogP contribution < -0.4 is 16.0 Å². The van der Waals surface area contributed by atoms with Crippen molar-refractivity contribution >= 4 is 17.6 Å². The number of nitrogens with one attached hydrogen (secondary N) is 3. The Kier molecular flexibility index (Phi) is 7.76. The van der Waals surface area contributed by atoms with Crippen molar-refractivity contribution in [3.05, 3.63) is 65.5 Å². The number of nitrogens with zero attached hydrogens (tertiary/aromatic N) is 2. The van der Waals surface area contributed by atoms with Gasteiger partial charge in [0.15, 0.2) is 5.96 Å². The highest BCUT2D eigenvalue weighted by Gasteiger charge is 2.05. The smallest absolute Gasteiger partial charge is 0.238 e. The fraction of sp³-hybridized carbons (Fsp3) is 0.300. The van der Waals surface area contributed by atoms with E-state index in [4.69, 9.17) is 0 Å². The van der Waals surface area contributed by atoms with Crippen molar-refractivity contribution in [3.63, 3.8) is 0 Å². The first-order chi connectivity index (χ1) is 13.0. The maximum absolute atomic E-state index is 13.2. The Hall–Kier alpha value is -2.93. The number of guanidine groups is 1. The Morgan fingerprint density at radius 1 is 1.04 bits per heavy atom. The van der Waals surface area contributed by atoms with Gasteiger partial charge in [-0.25, -0.2) is 4.39 Å². The third kappa shape index (κ3) is 7.45. The van der Waals surface area contributed by atoms with Gasteiger partial charge in [-0.15, -0.1) is 0 Å². The summed E-state index contributed by atoms with van der Waals surface area (Å²) in [7, 11) is 5.38. The molecule has 6 nitrogen and oxygen atoms in total. The lowest BCUT2D eigenvalue weighted by Crippen LogP contribution is -2.36. The lowest BCUT2D eigenvalue weighted by molar-refractivity contribution is -0.116. The molecule has 0 saturated carbocycles. The van der Waals surface area contributed by atoms with Crippen molar-refractivity contribution < 1.29 is 9.18 Å². The van der Waals surface area contributed by atoms with Crippen molar-refractivity contribution in [2.75, 3.05) is 33.0 Å². The van der Waals surface area contributed by atoms with Crippen LogP contribution >= 0.6 is 0 Å². The normalized spacial score (nSPS) is 11.4. The Labute approximate surface area is 159 Å². The number of hydrogen-bond acceptors (Lipinski definition) is 3. The molecule has 0 unspecified atom stereocenters. The molecule has 1 amide bonds. The zero-order chi connectivity index (χ0) is 19.6. The molecule has 0 aromatic heterocycles. The number of carbonyl (C=O) groups excluding carboxylic acids is 1. The molecule has 0 aliphatic heterocycles. The molecule has 0 atom stereocenters. The van der Waals surface area contributed by atoms with Gasteiger partial charge >= 0.3 is 0 Å². The number of rotatable bonds is 7. The third-order valence-corrected chi connectivity index (χ3v) is 3.70. The topological polar surface area (TPSA) is 68.8 Å². The molecule has 0 aliphatic carbocycles. The molecule has 0 aliphatic rings. The van der Waals surface area contributed by atoms with Crippen LogP contribution in [0.2, 0.25) is 0 Å². The average molecular weight is 371 g/mol. The Morgan fingerprint density at radius 2 is 1.67 bits per heavy atom. The molecule has 3 N–H and O–H groups in total. The van der Waals surface area contributed by atoms with Gasteiger partial charge in [0.05, 0.1) is 6.54 Å². The number of benzene rings is 2. The largest absolute Gasteiger partial charge is 0.352 e. The van der Waals surface area contributed by atoms with Gasteiger partial charge in [0.25, 0.3) is 0 Å². The van der Waals surface area contributed by atoms with E-state index in [0.717, 1.165) is 16.8 Å². The van der Waals surface area contributed by atoms with E-state index in [2.05, 4.69) is 20.9 Å². The standard InChI is InChI=1S/C20H26FN5O/c1-22-20(23-12-15-6-4-8-17(21)10-15)24-13-16-7-5-9-18(11-16)25-19(27)14-26(2)3/h4-11H,12-14H2,1-3H3,(H,25,27)(H2,22,23,24). The fourth-order valence-corrected chi connectivity index (χ4v) is 2.49. The van der Waals surface area contributed by atoms with E-state index in [0.29, 0.717) is 25.6 Å². The maximum Gasteiger partial charge on any atom is 0.238 e. The van der Waals surface area contributed by atoms with Crippen molar-refractivity contribution in [2.45, 2.75) is 13.1 Å². The molecule has 7 heteroatoms. The molecule has 0 bridgehead atoms. The van der Waals surface area contributed by atoms with E-state index in [-0.39, 0.29) is 11.7 Å². The minimum absolute atomic E-state index is 0.0577. The van der Waals surface area contributed by atoms with E-state index < -0.39 is 0 Å². The van der Waals surface area contributed by atoms with Crippen LogP contribution in [0, 0.1) is 5.82 Å². The number of hydrogen-bond donors (Lipinski definition) is 3. The molecule has 2 aromatic rings. The van der Waals surface area contributed by atoms with Gasteiger partial charge in [0.2, 0.25) is 5.91 Å². The second kappa shape index (κ2) is 10.3. The predicted octanol–water partition coefficient (Wildman–Crippen LogP) is 2.19. The van der Waals surface area contributed by atoms with Crippen LogP contribution in [0.4, 0.5) is 10.1 Å². The zero-order valence-electron chi connectivity index (χ0n) is 15.9. The first-order valence-corrected chi connectivity index (χ1v) is 8.69. The second-order valence-electron chi connectivity index (χ2n) is 6.40. The highest BCUT2D eigenvalue weighted by atomic mass is 19.1. The summed E-state index contributed by atoms with van der Waals surface area (Å²) in [6, 6.07) is 14.1. The van der Waals surface area contributed by atoms with E-state index >= 15 is 0 Å². The lowest BCUT2D eigenvalue weighted by atomic mass is 10.2. The van der Waals surface area contributed by atoms with Crippen molar-refractivity contribution in [3.8, 4) is 0 Å². The Balaban J connectivity index is 1.87. The predicted molar refractivity (Wildman–Crippen MR) is 107 cm³/mol. The second-order valence-corrected chi connectivity index (χ2v) is 6.40.